The third-order valence-electron chi connectivity index (χ3n) is 7.77. The van der Waals surface area contributed by atoms with Crippen molar-refractivity contribution < 1.29 is 21.9 Å². The number of fused-ring (bicyclic) bond motifs is 1. The third kappa shape index (κ3) is 5.05. The Hall–Kier alpha value is -4.16. The van der Waals surface area contributed by atoms with Crippen molar-refractivity contribution in [1.29, 1.82) is 0 Å². The van der Waals surface area contributed by atoms with Crippen LogP contribution < -0.4 is 4.74 Å². The summed E-state index contributed by atoms with van der Waals surface area (Å²) in [6.07, 6.45) is 5.37. The summed E-state index contributed by atoms with van der Waals surface area (Å²) in [5.41, 5.74) is 2.88. The summed E-state index contributed by atoms with van der Waals surface area (Å²) in [6, 6.07) is 11.4. The average Bonchev–Trinajstić information content (AvgIpc) is 3.60. The molecule has 0 bridgehead atoms. The quantitative estimate of drug-likeness (QED) is 0.239. The van der Waals surface area contributed by atoms with Gasteiger partial charge in [-0.05, 0) is 75.8 Å². The number of hydrogen-bond donors (Lipinski definition) is 0. The number of likely N-dealkylation sites (tertiary alicyclic amines) is 1. The van der Waals surface area contributed by atoms with E-state index in [0.717, 1.165) is 35.5 Å². The number of hydrogen-bond acceptors (Lipinski definition) is 7. The minimum absolute atomic E-state index is 0.0893. The Kier molecular flexibility index (Phi) is 7.27. The summed E-state index contributed by atoms with van der Waals surface area (Å²) in [5.74, 6) is 0.423. The van der Waals surface area contributed by atoms with E-state index in [0.29, 0.717) is 33.5 Å². The van der Waals surface area contributed by atoms with E-state index in [-0.39, 0.29) is 16.6 Å². The summed E-state index contributed by atoms with van der Waals surface area (Å²) in [6.45, 7) is 3.80. The van der Waals surface area contributed by atoms with E-state index in [1.165, 1.54) is 30.6 Å². The van der Waals surface area contributed by atoms with Gasteiger partial charge in [0.15, 0.2) is 5.65 Å². The Labute approximate surface area is 242 Å². The van der Waals surface area contributed by atoms with E-state index in [2.05, 4.69) is 21.9 Å². The summed E-state index contributed by atoms with van der Waals surface area (Å²) in [7, 11) is -0.405. The SMILES string of the molecule is COc1nn(C2CCN(C)CC2)cc1-c1cnc2c(c1)c(-c1ccnc(C(F)F)c1)cn2S(=O)(=O)c1ccc(C)cc1. The van der Waals surface area contributed by atoms with Crippen LogP contribution in [0, 0.1) is 6.92 Å². The van der Waals surface area contributed by atoms with Gasteiger partial charge in [-0.3, -0.25) is 9.67 Å². The smallest absolute Gasteiger partial charge is 0.280 e. The van der Waals surface area contributed by atoms with E-state index < -0.39 is 22.1 Å². The normalized spacial score (nSPS) is 15.1. The number of methoxy groups -OCH3 is 1. The zero-order chi connectivity index (χ0) is 29.6. The van der Waals surface area contributed by atoms with Gasteiger partial charge in [0, 0.05) is 41.3 Å². The van der Waals surface area contributed by atoms with Crippen molar-refractivity contribution in [3.63, 3.8) is 0 Å². The van der Waals surface area contributed by atoms with Gasteiger partial charge >= 0.3 is 0 Å². The van der Waals surface area contributed by atoms with E-state index in [9.17, 15) is 17.2 Å². The number of pyridine rings is 2. The van der Waals surface area contributed by atoms with Crippen LogP contribution >= 0.6 is 0 Å². The molecule has 42 heavy (non-hydrogen) atoms. The van der Waals surface area contributed by atoms with Gasteiger partial charge < -0.3 is 9.64 Å². The zero-order valence-electron chi connectivity index (χ0n) is 23.4. The Morgan fingerprint density at radius 2 is 1.71 bits per heavy atom. The van der Waals surface area contributed by atoms with Crippen LogP contribution in [0.3, 0.4) is 0 Å². The molecule has 6 rings (SSSR count). The molecule has 0 aliphatic carbocycles. The van der Waals surface area contributed by atoms with E-state index >= 15 is 0 Å². The minimum atomic E-state index is -4.06. The van der Waals surface area contributed by atoms with Gasteiger partial charge in [0.2, 0.25) is 5.88 Å². The monoisotopic (exact) mass is 592 g/mol. The van der Waals surface area contributed by atoms with Crippen molar-refractivity contribution in [3.8, 4) is 28.1 Å². The fraction of sp³-hybridized carbons (Fsp3) is 0.300. The van der Waals surface area contributed by atoms with Crippen LogP contribution in [-0.2, 0) is 10.0 Å². The highest BCUT2D eigenvalue weighted by Gasteiger charge is 2.26. The van der Waals surface area contributed by atoms with Crippen molar-refractivity contribution >= 4 is 21.1 Å². The van der Waals surface area contributed by atoms with Crippen molar-refractivity contribution in [2.45, 2.75) is 37.1 Å². The maximum absolute atomic E-state index is 13.8. The second-order valence-corrected chi connectivity index (χ2v) is 12.4. The molecule has 1 saturated heterocycles. The number of nitrogens with zero attached hydrogens (tertiary/aromatic N) is 6. The number of halogens is 2. The first-order chi connectivity index (χ1) is 20.2. The first-order valence-corrected chi connectivity index (χ1v) is 15.0. The van der Waals surface area contributed by atoms with Crippen molar-refractivity contribution in [1.82, 2.24) is 28.6 Å². The van der Waals surface area contributed by atoms with Crippen LogP contribution in [0.4, 0.5) is 8.78 Å². The highest BCUT2D eigenvalue weighted by atomic mass is 32.2. The lowest BCUT2D eigenvalue weighted by Crippen LogP contribution is -2.31. The molecule has 0 unspecified atom stereocenters. The van der Waals surface area contributed by atoms with E-state index in [1.807, 2.05) is 17.8 Å². The summed E-state index contributed by atoms with van der Waals surface area (Å²) in [4.78, 5) is 10.7. The second-order valence-electron chi connectivity index (χ2n) is 10.6. The number of benzene rings is 1. The molecular formula is C30H30F2N6O3S. The zero-order valence-corrected chi connectivity index (χ0v) is 24.2. The van der Waals surface area contributed by atoms with E-state index in [1.54, 1.807) is 37.6 Å². The molecule has 0 saturated carbocycles. The summed E-state index contributed by atoms with van der Waals surface area (Å²) in [5, 5.41) is 5.17. The number of ether oxygens (including phenoxy) is 1. The highest BCUT2D eigenvalue weighted by molar-refractivity contribution is 7.90. The minimum Gasteiger partial charge on any atom is -0.479 e. The molecule has 1 fully saturated rings. The molecule has 0 atom stereocenters. The predicted molar refractivity (Wildman–Crippen MR) is 155 cm³/mol. The maximum Gasteiger partial charge on any atom is 0.280 e. The summed E-state index contributed by atoms with van der Waals surface area (Å²) >= 11 is 0. The molecule has 1 aromatic carbocycles. The highest BCUT2D eigenvalue weighted by Crippen LogP contribution is 2.38. The number of aromatic nitrogens is 5. The van der Waals surface area contributed by atoms with Crippen LogP contribution in [0.15, 0.2) is 72.1 Å². The lowest BCUT2D eigenvalue weighted by molar-refractivity contribution is 0.146. The Balaban J connectivity index is 1.52. The molecule has 1 aliphatic heterocycles. The molecule has 5 aromatic rings. The van der Waals surface area contributed by atoms with Gasteiger partial charge in [-0.25, -0.2) is 26.2 Å². The van der Waals surface area contributed by atoms with Gasteiger partial charge in [0.1, 0.15) is 5.69 Å². The first kappa shape index (κ1) is 28.0. The fourth-order valence-corrected chi connectivity index (χ4v) is 6.69. The van der Waals surface area contributed by atoms with E-state index in [4.69, 9.17) is 9.84 Å². The van der Waals surface area contributed by atoms with Crippen LogP contribution in [0.1, 0.15) is 36.6 Å². The van der Waals surface area contributed by atoms with Crippen molar-refractivity contribution in [2.75, 3.05) is 27.2 Å². The maximum atomic E-state index is 13.8. The van der Waals surface area contributed by atoms with Crippen molar-refractivity contribution in [3.05, 3.63) is 78.5 Å². The van der Waals surface area contributed by atoms with Gasteiger partial charge in [-0.2, -0.15) is 0 Å². The number of rotatable bonds is 7. The van der Waals surface area contributed by atoms with Gasteiger partial charge in [-0.15, -0.1) is 5.10 Å². The van der Waals surface area contributed by atoms with Crippen molar-refractivity contribution in [2.24, 2.45) is 0 Å². The Morgan fingerprint density at radius 3 is 2.40 bits per heavy atom. The summed E-state index contributed by atoms with van der Waals surface area (Å²) < 4.78 is 63.4. The Morgan fingerprint density at radius 1 is 0.976 bits per heavy atom. The molecule has 4 aromatic heterocycles. The molecule has 12 heteroatoms. The second kappa shape index (κ2) is 10.9. The average molecular weight is 593 g/mol. The largest absolute Gasteiger partial charge is 0.479 e. The van der Waals surface area contributed by atoms with Gasteiger partial charge in [-0.1, -0.05) is 17.7 Å². The standard InChI is InChI=1S/C30H30F2N6O3S/c1-19-4-6-23(7-5-19)42(39,40)38-18-25(20-8-11-33-27(15-20)28(31)32)24-14-21(16-34-29(24)38)26-17-37(35-30(26)41-3)22-9-12-36(2)13-10-22/h4-8,11,14-18,22,28H,9-10,12-13H2,1-3H3. The molecular weight excluding hydrogens is 562 g/mol. The van der Waals surface area contributed by atoms with Crippen LogP contribution in [0.5, 0.6) is 5.88 Å². The fourth-order valence-electron chi connectivity index (χ4n) is 5.37. The van der Waals surface area contributed by atoms with Crippen LogP contribution in [-0.4, -0.2) is 64.3 Å². The molecule has 9 nitrogen and oxygen atoms in total. The van der Waals surface area contributed by atoms with Crippen LogP contribution in [0.25, 0.3) is 33.3 Å². The first-order valence-electron chi connectivity index (χ1n) is 13.6. The van der Waals surface area contributed by atoms with Gasteiger partial charge in [0.25, 0.3) is 16.4 Å². The molecule has 0 amide bonds. The van der Waals surface area contributed by atoms with Gasteiger partial charge in [0.05, 0.1) is 23.6 Å². The number of aryl methyl sites for hydroxylation is 1. The topological polar surface area (TPSA) is 95.1 Å². The molecule has 218 valence electrons. The third-order valence-corrected chi connectivity index (χ3v) is 9.43. The predicted octanol–water partition coefficient (Wildman–Crippen LogP) is 5.72. The molecule has 1 aliphatic rings. The molecule has 5 heterocycles. The molecule has 0 spiro atoms. The van der Waals surface area contributed by atoms with Crippen LogP contribution in [0.2, 0.25) is 0 Å². The Bertz CT molecular complexity index is 1860. The lowest BCUT2D eigenvalue weighted by atomic mass is 10.0. The lowest BCUT2D eigenvalue weighted by Gasteiger charge is -2.28. The number of alkyl halides is 2. The molecule has 0 N–H and O–H groups in total. The molecule has 0 radical (unpaired) electrons. The number of piperidine rings is 1.